The zero-order chi connectivity index (χ0) is 24.4. The number of methoxy groups -OCH3 is 2. The summed E-state index contributed by atoms with van der Waals surface area (Å²) in [6.45, 7) is 0. The number of carbonyl (C=O) groups is 1. The summed E-state index contributed by atoms with van der Waals surface area (Å²) in [6.07, 6.45) is 7.00. The molecule has 2 aromatic carbocycles. The van der Waals surface area contributed by atoms with Gasteiger partial charge in [-0.15, -0.1) is 0 Å². The van der Waals surface area contributed by atoms with Gasteiger partial charge in [0.2, 0.25) is 0 Å². The molecule has 0 aliphatic heterocycles. The van der Waals surface area contributed by atoms with Gasteiger partial charge in [0, 0.05) is 6.04 Å². The van der Waals surface area contributed by atoms with Crippen molar-refractivity contribution in [3.05, 3.63) is 53.6 Å². The molecule has 35 heavy (non-hydrogen) atoms. The fourth-order valence-corrected chi connectivity index (χ4v) is 4.55. The van der Waals surface area contributed by atoms with Gasteiger partial charge in [-0.25, -0.2) is 9.97 Å². The number of rotatable bonds is 6. The summed E-state index contributed by atoms with van der Waals surface area (Å²) in [5.41, 5.74) is 9.82. The first kappa shape index (κ1) is 22.6. The van der Waals surface area contributed by atoms with Crippen LogP contribution in [0.1, 0.15) is 48.0 Å². The van der Waals surface area contributed by atoms with Gasteiger partial charge in [0.15, 0.2) is 17.1 Å². The Morgan fingerprint density at radius 1 is 1.06 bits per heavy atom. The van der Waals surface area contributed by atoms with E-state index in [1.807, 2.05) is 36.4 Å². The number of anilines is 1. The molecule has 5 rings (SSSR count). The van der Waals surface area contributed by atoms with Gasteiger partial charge in [0.1, 0.15) is 16.9 Å². The molecule has 0 atom stereocenters. The second kappa shape index (κ2) is 9.61. The lowest BCUT2D eigenvalue weighted by Crippen LogP contribution is -2.36. The van der Waals surface area contributed by atoms with Gasteiger partial charge < -0.3 is 20.5 Å². The fourth-order valence-electron chi connectivity index (χ4n) is 4.55. The maximum absolute atomic E-state index is 13.4. The van der Waals surface area contributed by atoms with E-state index in [4.69, 9.17) is 25.2 Å². The summed E-state index contributed by atoms with van der Waals surface area (Å²) in [5, 5.41) is 7.73. The number of carbonyl (C=O) groups excluding carboxylic acids is 1. The Morgan fingerprint density at radius 2 is 1.77 bits per heavy atom. The van der Waals surface area contributed by atoms with Crippen molar-refractivity contribution >= 4 is 40.1 Å². The van der Waals surface area contributed by atoms with Gasteiger partial charge in [-0.3, -0.25) is 4.79 Å². The minimum atomic E-state index is -0.246. The molecule has 0 saturated heterocycles. The van der Waals surface area contributed by atoms with E-state index in [0.717, 1.165) is 31.2 Å². The van der Waals surface area contributed by atoms with E-state index in [-0.39, 0.29) is 17.8 Å². The van der Waals surface area contributed by atoms with Crippen molar-refractivity contribution in [1.82, 2.24) is 20.0 Å². The van der Waals surface area contributed by atoms with Gasteiger partial charge >= 0.3 is 0 Å². The average molecular weight is 473 g/mol. The first-order valence-corrected chi connectivity index (χ1v) is 11.7. The number of fused-ring (bicyclic) bond motifs is 2. The van der Waals surface area contributed by atoms with Gasteiger partial charge in [0.05, 0.1) is 31.5 Å². The van der Waals surface area contributed by atoms with Crippen LogP contribution in [0.3, 0.4) is 0 Å². The standard InChI is InChI=1S/C26H28N6O3/c1-34-20-13-12-16(14-21(20)35-2)15-28-32-24(27)22(26(33)29-17-8-4-3-5-9-17)23-25(32)31-19-11-7-6-10-18(19)30-23/h6-7,10-15,17H,3-5,8-9,27H2,1-2H3,(H,29,33)/b28-15-. The van der Waals surface area contributed by atoms with Crippen molar-refractivity contribution in [3.63, 3.8) is 0 Å². The van der Waals surface area contributed by atoms with Crippen LogP contribution in [0.25, 0.3) is 22.2 Å². The van der Waals surface area contributed by atoms with E-state index in [1.54, 1.807) is 26.5 Å². The minimum absolute atomic E-state index is 0.137. The van der Waals surface area contributed by atoms with Gasteiger partial charge in [-0.2, -0.15) is 9.78 Å². The summed E-state index contributed by atoms with van der Waals surface area (Å²) >= 11 is 0. The largest absolute Gasteiger partial charge is 0.493 e. The van der Waals surface area contributed by atoms with Crippen molar-refractivity contribution in [3.8, 4) is 11.5 Å². The van der Waals surface area contributed by atoms with E-state index in [9.17, 15) is 4.79 Å². The lowest BCUT2D eigenvalue weighted by molar-refractivity contribution is 0.0930. The summed E-state index contributed by atoms with van der Waals surface area (Å²) in [7, 11) is 3.16. The number of hydrogen-bond acceptors (Lipinski definition) is 7. The molecule has 4 aromatic rings. The number of nitrogens with two attached hydrogens (primary N) is 1. The average Bonchev–Trinajstić information content (AvgIpc) is 3.16. The molecule has 3 N–H and O–H groups in total. The third-order valence-corrected chi connectivity index (χ3v) is 6.37. The van der Waals surface area contributed by atoms with Crippen molar-refractivity contribution < 1.29 is 14.3 Å². The highest BCUT2D eigenvalue weighted by Gasteiger charge is 2.26. The highest BCUT2D eigenvalue weighted by molar-refractivity contribution is 6.10. The number of para-hydroxylation sites is 2. The summed E-state index contributed by atoms with van der Waals surface area (Å²) in [6, 6.07) is 13.1. The number of nitrogens with zero attached hydrogens (tertiary/aromatic N) is 4. The molecular formula is C26H28N6O3. The van der Waals surface area contributed by atoms with E-state index in [1.165, 1.54) is 11.1 Å². The van der Waals surface area contributed by atoms with Gasteiger partial charge in [-0.05, 0) is 48.7 Å². The quantitative estimate of drug-likeness (QED) is 0.408. The maximum Gasteiger partial charge on any atom is 0.257 e. The van der Waals surface area contributed by atoms with Crippen molar-refractivity contribution in [2.75, 3.05) is 20.0 Å². The van der Waals surface area contributed by atoms with Crippen LogP contribution in [0.4, 0.5) is 5.82 Å². The van der Waals surface area contributed by atoms with Crippen LogP contribution < -0.4 is 20.5 Å². The van der Waals surface area contributed by atoms with Crippen LogP contribution in [-0.2, 0) is 0 Å². The van der Waals surface area contributed by atoms with E-state index in [0.29, 0.717) is 39.3 Å². The molecular weight excluding hydrogens is 444 g/mol. The monoisotopic (exact) mass is 472 g/mol. The number of ether oxygens (including phenoxy) is 2. The molecule has 180 valence electrons. The zero-order valence-corrected chi connectivity index (χ0v) is 19.8. The Kier molecular flexibility index (Phi) is 6.22. The molecule has 9 heteroatoms. The van der Waals surface area contributed by atoms with Crippen LogP contribution in [0, 0.1) is 0 Å². The highest BCUT2D eigenvalue weighted by atomic mass is 16.5. The summed E-state index contributed by atoms with van der Waals surface area (Å²) in [5.74, 6) is 1.15. The number of nitrogens with one attached hydrogen (secondary N) is 1. The van der Waals surface area contributed by atoms with Crippen molar-refractivity contribution in [2.45, 2.75) is 38.1 Å². The number of benzene rings is 2. The number of hydrogen-bond donors (Lipinski definition) is 2. The second-order valence-electron chi connectivity index (χ2n) is 8.62. The first-order chi connectivity index (χ1) is 17.1. The van der Waals surface area contributed by atoms with Crippen LogP contribution >= 0.6 is 0 Å². The molecule has 0 radical (unpaired) electrons. The Bertz CT molecular complexity index is 1420. The number of aromatic nitrogens is 3. The first-order valence-electron chi connectivity index (χ1n) is 11.7. The number of nitrogen functional groups attached to an aromatic ring is 1. The predicted molar refractivity (Wildman–Crippen MR) is 136 cm³/mol. The van der Waals surface area contributed by atoms with Crippen molar-refractivity contribution in [2.24, 2.45) is 5.10 Å². The second-order valence-corrected chi connectivity index (χ2v) is 8.62. The van der Waals surface area contributed by atoms with Crippen LogP contribution in [0.15, 0.2) is 47.6 Å². The maximum atomic E-state index is 13.4. The smallest absolute Gasteiger partial charge is 0.257 e. The van der Waals surface area contributed by atoms with Crippen LogP contribution in [-0.4, -0.2) is 47.0 Å². The lowest BCUT2D eigenvalue weighted by atomic mass is 9.95. The molecule has 0 bridgehead atoms. The molecule has 1 aliphatic rings. The SMILES string of the molecule is COc1ccc(/C=N\n2c(N)c(C(=O)NC3CCCCC3)c3nc4ccccc4nc32)cc1OC. The molecule has 9 nitrogen and oxygen atoms in total. The highest BCUT2D eigenvalue weighted by Crippen LogP contribution is 2.30. The van der Waals surface area contributed by atoms with Crippen LogP contribution in [0.5, 0.6) is 11.5 Å². The Labute approximate surface area is 202 Å². The fraction of sp³-hybridized carbons (Fsp3) is 0.308. The molecule has 2 heterocycles. The predicted octanol–water partition coefficient (Wildman–Crippen LogP) is 4.13. The van der Waals surface area contributed by atoms with Crippen LogP contribution in [0.2, 0.25) is 0 Å². The molecule has 0 spiro atoms. The molecule has 1 saturated carbocycles. The zero-order valence-electron chi connectivity index (χ0n) is 19.8. The van der Waals surface area contributed by atoms with Gasteiger partial charge in [-0.1, -0.05) is 31.4 Å². The third-order valence-electron chi connectivity index (χ3n) is 6.37. The van der Waals surface area contributed by atoms with Gasteiger partial charge in [0.25, 0.3) is 5.91 Å². The van der Waals surface area contributed by atoms with E-state index < -0.39 is 0 Å². The number of amides is 1. The molecule has 2 aromatic heterocycles. The summed E-state index contributed by atoms with van der Waals surface area (Å²) < 4.78 is 12.2. The Balaban J connectivity index is 1.60. The topological polar surface area (TPSA) is 117 Å². The molecule has 0 unspecified atom stereocenters. The molecule has 1 amide bonds. The minimum Gasteiger partial charge on any atom is -0.493 e. The van der Waals surface area contributed by atoms with E-state index >= 15 is 0 Å². The van der Waals surface area contributed by atoms with Crippen molar-refractivity contribution in [1.29, 1.82) is 0 Å². The normalized spacial score (nSPS) is 14.6. The molecule has 1 fully saturated rings. The Morgan fingerprint density at radius 3 is 2.49 bits per heavy atom. The summed E-state index contributed by atoms with van der Waals surface area (Å²) in [4.78, 5) is 22.9. The third kappa shape index (κ3) is 4.37. The Hall–Kier alpha value is -4.14. The molecule has 1 aliphatic carbocycles. The lowest BCUT2D eigenvalue weighted by Gasteiger charge is -2.22. The van der Waals surface area contributed by atoms with E-state index in [2.05, 4.69) is 10.4 Å².